The Morgan fingerprint density at radius 3 is 2.65 bits per heavy atom. The van der Waals surface area contributed by atoms with Crippen molar-refractivity contribution in [3.8, 4) is 5.88 Å². The van der Waals surface area contributed by atoms with Gasteiger partial charge in [-0.05, 0) is 41.8 Å². The molecule has 5 nitrogen and oxygen atoms in total. The highest BCUT2D eigenvalue weighted by Crippen LogP contribution is 2.26. The largest absolute Gasteiger partial charge is 0.481 e. The number of nitrogens with two attached hydrogens (primary N) is 1. The van der Waals surface area contributed by atoms with E-state index in [1.807, 2.05) is 16.8 Å². The molecular formula is C14H19BrN4O. The standard InChI is InChI=1S/C14H19BrN4O/c1-9(2)19-14(11(15)8-18-19)12(16)6-10-4-5-13(20-3)17-7-10/h4-5,7-9,12H,6,16H2,1-3H3. The summed E-state index contributed by atoms with van der Waals surface area (Å²) in [5.74, 6) is 0.607. The predicted octanol–water partition coefficient (Wildman–Crippen LogP) is 2.87. The number of rotatable bonds is 5. The normalized spacial score (nSPS) is 12.7. The number of ether oxygens (including phenoxy) is 1. The van der Waals surface area contributed by atoms with Crippen molar-refractivity contribution in [2.45, 2.75) is 32.4 Å². The van der Waals surface area contributed by atoms with Gasteiger partial charge in [0.25, 0.3) is 0 Å². The van der Waals surface area contributed by atoms with E-state index in [0.29, 0.717) is 12.3 Å². The van der Waals surface area contributed by atoms with E-state index in [1.54, 1.807) is 19.5 Å². The van der Waals surface area contributed by atoms with Crippen LogP contribution >= 0.6 is 15.9 Å². The zero-order valence-electron chi connectivity index (χ0n) is 11.9. The van der Waals surface area contributed by atoms with Crippen molar-refractivity contribution in [2.24, 2.45) is 5.73 Å². The highest BCUT2D eigenvalue weighted by molar-refractivity contribution is 9.10. The zero-order chi connectivity index (χ0) is 14.7. The lowest BCUT2D eigenvalue weighted by atomic mass is 10.1. The first-order chi connectivity index (χ1) is 9.52. The number of aromatic nitrogens is 3. The Labute approximate surface area is 127 Å². The van der Waals surface area contributed by atoms with Crippen molar-refractivity contribution in [3.05, 3.63) is 40.3 Å². The molecule has 0 aliphatic carbocycles. The molecule has 0 saturated carbocycles. The molecule has 0 fully saturated rings. The van der Waals surface area contributed by atoms with E-state index in [-0.39, 0.29) is 12.1 Å². The molecule has 1 unspecified atom stereocenters. The molecule has 2 aromatic heterocycles. The van der Waals surface area contributed by atoms with E-state index in [4.69, 9.17) is 10.5 Å². The lowest BCUT2D eigenvalue weighted by Gasteiger charge is -2.17. The molecule has 6 heteroatoms. The average molecular weight is 339 g/mol. The van der Waals surface area contributed by atoms with Gasteiger partial charge in [-0.25, -0.2) is 4.98 Å². The van der Waals surface area contributed by atoms with Crippen LogP contribution in [0.5, 0.6) is 5.88 Å². The van der Waals surface area contributed by atoms with Crippen molar-refractivity contribution in [1.29, 1.82) is 0 Å². The summed E-state index contributed by atoms with van der Waals surface area (Å²) < 4.78 is 7.95. The van der Waals surface area contributed by atoms with Gasteiger partial charge in [0.2, 0.25) is 5.88 Å². The van der Waals surface area contributed by atoms with Gasteiger partial charge < -0.3 is 10.5 Å². The van der Waals surface area contributed by atoms with Crippen LogP contribution in [0, 0.1) is 0 Å². The monoisotopic (exact) mass is 338 g/mol. The summed E-state index contributed by atoms with van der Waals surface area (Å²) in [6, 6.07) is 3.97. The van der Waals surface area contributed by atoms with Gasteiger partial charge in [-0.3, -0.25) is 4.68 Å². The predicted molar refractivity (Wildman–Crippen MR) is 81.7 cm³/mol. The van der Waals surface area contributed by atoms with Crippen LogP contribution in [0.3, 0.4) is 0 Å². The molecule has 2 rings (SSSR count). The Balaban J connectivity index is 2.19. The zero-order valence-corrected chi connectivity index (χ0v) is 13.5. The Bertz CT molecular complexity index is 565. The molecule has 0 radical (unpaired) electrons. The Morgan fingerprint density at radius 1 is 1.35 bits per heavy atom. The van der Waals surface area contributed by atoms with E-state index in [2.05, 4.69) is 39.9 Å². The summed E-state index contributed by atoms with van der Waals surface area (Å²) in [5.41, 5.74) is 8.41. The SMILES string of the molecule is COc1ccc(CC(N)c2c(Br)cnn2C(C)C)cn1. The van der Waals surface area contributed by atoms with Crippen LogP contribution < -0.4 is 10.5 Å². The molecule has 2 aromatic rings. The molecule has 108 valence electrons. The van der Waals surface area contributed by atoms with Crippen molar-refractivity contribution < 1.29 is 4.74 Å². The highest BCUT2D eigenvalue weighted by atomic mass is 79.9. The maximum Gasteiger partial charge on any atom is 0.212 e. The third kappa shape index (κ3) is 3.19. The summed E-state index contributed by atoms with van der Waals surface area (Å²) in [6.07, 6.45) is 4.29. The lowest BCUT2D eigenvalue weighted by molar-refractivity contribution is 0.397. The smallest absolute Gasteiger partial charge is 0.212 e. The van der Waals surface area contributed by atoms with Gasteiger partial charge in [-0.2, -0.15) is 5.10 Å². The van der Waals surface area contributed by atoms with Gasteiger partial charge in [0.15, 0.2) is 0 Å². The fraction of sp³-hybridized carbons (Fsp3) is 0.429. The molecule has 0 bridgehead atoms. The molecule has 20 heavy (non-hydrogen) atoms. The summed E-state index contributed by atoms with van der Waals surface area (Å²) in [7, 11) is 1.60. The van der Waals surface area contributed by atoms with Crippen LogP contribution in [-0.2, 0) is 6.42 Å². The number of hydrogen-bond donors (Lipinski definition) is 1. The van der Waals surface area contributed by atoms with Gasteiger partial charge >= 0.3 is 0 Å². The Hall–Kier alpha value is -1.40. The summed E-state index contributed by atoms with van der Waals surface area (Å²) >= 11 is 3.52. The third-order valence-electron chi connectivity index (χ3n) is 3.09. The first-order valence-corrected chi connectivity index (χ1v) is 7.29. The van der Waals surface area contributed by atoms with Crippen LogP contribution in [0.15, 0.2) is 29.0 Å². The molecule has 2 N–H and O–H groups in total. The molecule has 0 aliphatic rings. The van der Waals surface area contributed by atoms with Gasteiger partial charge in [-0.15, -0.1) is 0 Å². The quantitative estimate of drug-likeness (QED) is 0.910. The lowest BCUT2D eigenvalue weighted by Crippen LogP contribution is -2.20. The molecular weight excluding hydrogens is 320 g/mol. The summed E-state index contributed by atoms with van der Waals surface area (Å²) in [4.78, 5) is 4.20. The van der Waals surface area contributed by atoms with E-state index in [0.717, 1.165) is 15.7 Å². The number of pyridine rings is 1. The Kier molecular flexibility index (Phi) is 4.77. The maximum absolute atomic E-state index is 6.33. The molecule has 0 spiro atoms. The maximum atomic E-state index is 6.33. The topological polar surface area (TPSA) is 66.0 Å². The second-order valence-electron chi connectivity index (χ2n) is 4.94. The van der Waals surface area contributed by atoms with Gasteiger partial charge in [0.05, 0.1) is 29.5 Å². The van der Waals surface area contributed by atoms with Crippen molar-refractivity contribution in [1.82, 2.24) is 14.8 Å². The van der Waals surface area contributed by atoms with Crippen LogP contribution in [0.1, 0.15) is 37.2 Å². The first-order valence-electron chi connectivity index (χ1n) is 6.50. The minimum Gasteiger partial charge on any atom is -0.481 e. The minimum absolute atomic E-state index is 0.135. The number of hydrogen-bond acceptors (Lipinski definition) is 4. The van der Waals surface area contributed by atoms with E-state index in [9.17, 15) is 0 Å². The second-order valence-corrected chi connectivity index (χ2v) is 5.79. The van der Waals surface area contributed by atoms with Gasteiger partial charge in [-0.1, -0.05) is 6.07 Å². The fourth-order valence-electron chi connectivity index (χ4n) is 2.11. The first kappa shape index (κ1) is 15.0. The molecule has 0 saturated heterocycles. The van der Waals surface area contributed by atoms with Crippen LogP contribution in [0.25, 0.3) is 0 Å². The van der Waals surface area contributed by atoms with Crippen LogP contribution in [0.2, 0.25) is 0 Å². The van der Waals surface area contributed by atoms with Gasteiger partial charge in [0, 0.05) is 18.3 Å². The van der Waals surface area contributed by atoms with Gasteiger partial charge in [0.1, 0.15) is 0 Å². The number of nitrogens with zero attached hydrogens (tertiary/aromatic N) is 3. The summed E-state index contributed by atoms with van der Waals surface area (Å²) in [5, 5.41) is 4.36. The number of methoxy groups -OCH3 is 1. The molecule has 0 aromatic carbocycles. The molecule has 0 aliphatic heterocycles. The minimum atomic E-state index is -0.135. The van der Waals surface area contributed by atoms with Crippen molar-refractivity contribution in [3.63, 3.8) is 0 Å². The number of halogens is 1. The van der Waals surface area contributed by atoms with Crippen LogP contribution in [0.4, 0.5) is 0 Å². The van der Waals surface area contributed by atoms with E-state index in [1.165, 1.54) is 0 Å². The third-order valence-corrected chi connectivity index (χ3v) is 3.70. The molecule has 0 amide bonds. The van der Waals surface area contributed by atoms with Crippen molar-refractivity contribution >= 4 is 15.9 Å². The average Bonchev–Trinajstić information content (AvgIpc) is 2.81. The van der Waals surface area contributed by atoms with Crippen molar-refractivity contribution in [2.75, 3.05) is 7.11 Å². The highest BCUT2D eigenvalue weighted by Gasteiger charge is 2.18. The fourth-order valence-corrected chi connectivity index (χ4v) is 2.68. The van der Waals surface area contributed by atoms with E-state index >= 15 is 0 Å². The Morgan fingerprint density at radius 2 is 2.10 bits per heavy atom. The second kappa shape index (κ2) is 6.37. The molecule has 1 atom stereocenters. The molecule has 2 heterocycles. The van der Waals surface area contributed by atoms with E-state index < -0.39 is 0 Å². The van der Waals surface area contributed by atoms with Crippen LogP contribution in [-0.4, -0.2) is 21.9 Å². The summed E-state index contributed by atoms with van der Waals surface area (Å²) in [6.45, 7) is 4.18.